The minimum atomic E-state index is 0.890. The van der Waals surface area contributed by atoms with Gasteiger partial charge < -0.3 is 5.32 Å². The molecule has 0 radical (unpaired) electrons. The molecule has 2 aromatic heterocycles. The van der Waals surface area contributed by atoms with Crippen LogP contribution in [0.5, 0.6) is 0 Å². The van der Waals surface area contributed by atoms with Crippen LogP contribution < -0.4 is 5.32 Å². The molecule has 2 aromatic rings. The molecule has 3 nitrogen and oxygen atoms in total. The molecular weight excluding hydrogens is 242 g/mol. The zero-order valence-corrected chi connectivity index (χ0v) is 12.6. The van der Waals surface area contributed by atoms with E-state index >= 15 is 0 Å². The van der Waals surface area contributed by atoms with E-state index in [-0.39, 0.29) is 0 Å². The highest BCUT2D eigenvalue weighted by atomic mass is 32.1. The van der Waals surface area contributed by atoms with Crippen LogP contribution in [0.25, 0.3) is 0 Å². The Kier molecular flexibility index (Phi) is 3.88. The van der Waals surface area contributed by atoms with Crippen molar-refractivity contribution in [1.82, 2.24) is 15.1 Å². The second-order valence-corrected chi connectivity index (χ2v) is 6.17. The van der Waals surface area contributed by atoms with Crippen LogP contribution in [-0.4, -0.2) is 9.78 Å². The van der Waals surface area contributed by atoms with Gasteiger partial charge >= 0.3 is 0 Å². The average molecular weight is 263 g/mol. The van der Waals surface area contributed by atoms with Crippen LogP contribution in [0.1, 0.15) is 32.3 Å². The van der Waals surface area contributed by atoms with E-state index in [0.717, 1.165) is 18.8 Å². The van der Waals surface area contributed by atoms with E-state index in [1.165, 1.54) is 26.6 Å². The van der Waals surface area contributed by atoms with E-state index in [2.05, 4.69) is 44.2 Å². The maximum Gasteiger partial charge on any atom is 0.0641 e. The highest BCUT2D eigenvalue weighted by molar-refractivity contribution is 7.12. The van der Waals surface area contributed by atoms with Crippen LogP contribution in [0.2, 0.25) is 0 Å². The monoisotopic (exact) mass is 263 g/mol. The third-order valence-corrected chi connectivity index (χ3v) is 4.63. The van der Waals surface area contributed by atoms with Gasteiger partial charge in [0.1, 0.15) is 0 Å². The van der Waals surface area contributed by atoms with Gasteiger partial charge in [-0.05, 0) is 39.3 Å². The number of thiophene rings is 1. The van der Waals surface area contributed by atoms with E-state index < -0.39 is 0 Å². The second kappa shape index (κ2) is 5.24. The summed E-state index contributed by atoms with van der Waals surface area (Å²) in [6, 6.07) is 2.27. The smallest absolute Gasteiger partial charge is 0.0641 e. The molecule has 0 spiro atoms. The summed E-state index contributed by atoms with van der Waals surface area (Å²) in [6.07, 6.45) is 0. The van der Waals surface area contributed by atoms with Crippen LogP contribution in [0.15, 0.2) is 6.07 Å². The number of aromatic nitrogens is 2. The van der Waals surface area contributed by atoms with Gasteiger partial charge in [-0.15, -0.1) is 11.3 Å². The Bertz CT molecular complexity index is 532. The second-order valence-electron chi connectivity index (χ2n) is 4.83. The summed E-state index contributed by atoms with van der Waals surface area (Å²) in [5, 5.41) is 7.94. The fraction of sp³-hybridized carbons (Fsp3) is 0.500. The first-order chi connectivity index (χ1) is 8.49. The Hall–Kier alpha value is -1.13. The molecule has 4 heteroatoms. The lowest BCUT2D eigenvalue weighted by Crippen LogP contribution is -2.13. The standard InChI is InChI=1S/C14H21N3S/c1-9-6-13(18-12(9)4)7-15-8-14-10(2)16-17(5)11(14)3/h6,15H,7-8H2,1-5H3. The lowest BCUT2D eigenvalue weighted by molar-refractivity contribution is 0.690. The highest BCUT2D eigenvalue weighted by Crippen LogP contribution is 2.20. The minimum Gasteiger partial charge on any atom is -0.308 e. The Morgan fingerprint density at radius 3 is 2.44 bits per heavy atom. The quantitative estimate of drug-likeness (QED) is 0.919. The van der Waals surface area contributed by atoms with Crippen molar-refractivity contribution in [3.8, 4) is 0 Å². The molecule has 0 bridgehead atoms. The van der Waals surface area contributed by atoms with Crippen LogP contribution in [0.4, 0.5) is 0 Å². The number of nitrogens with zero attached hydrogens (tertiary/aromatic N) is 2. The molecule has 0 atom stereocenters. The number of aryl methyl sites for hydroxylation is 4. The molecule has 1 N–H and O–H groups in total. The van der Waals surface area contributed by atoms with E-state index in [0.29, 0.717) is 0 Å². The lowest BCUT2D eigenvalue weighted by Gasteiger charge is -2.04. The molecule has 0 aliphatic carbocycles. The normalized spacial score (nSPS) is 11.2. The zero-order chi connectivity index (χ0) is 13.3. The number of hydrogen-bond acceptors (Lipinski definition) is 3. The van der Waals surface area contributed by atoms with Crippen LogP contribution >= 0.6 is 11.3 Å². The van der Waals surface area contributed by atoms with Crippen molar-refractivity contribution in [2.75, 3.05) is 0 Å². The molecule has 2 heterocycles. The van der Waals surface area contributed by atoms with Crippen LogP contribution in [-0.2, 0) is 20.1 Å². The maximum atomic E-state index is 4.43. The molecule has 0 unspecified atom stereocenters. The summed E-state index contributed by atoms with van der Waals surface area (Å²) < 4.78 is 1.95. The zero-order valence-electron chi connectivity index (χ0n) is 11.8. The SMILES string of the molecule is Cc1cc(CNCc2c(C)nn(C)c2C)sc1C. The molecule has 0 amide bonds. The maximum absolute atomic E-state index is 4.43. The molecule has 18 heavy (non-hydrogen) atoms. The van der Waals surface area contributed by atoms with E-state index in [1.807, 2.05) is 23.1 Å². The molecule has 0 aliphatic heterocycles. The molecule has 2 rings (SSSR count). The van der Waals surface area contributed by atoms with Gasteiger partial charge in [-0.2, -0.15) is 5.10 Å². The van der Waals surface area contributed by atoms with Crippen LogP contribution in [0.3, 0.4) is 0 Å². The number of hydrogen-bond donors (Lipinski definition) is 1. The molecule has 0 saturated heterocycles. The topological polar surface area (TPSA) is 29.9 Å². The van der Waals surface area contributed by atoms with Gasteiger partial charge in [0.2, 0.25) is 0 Å². The lowest BCUT2D eigenvalue weighted by atomic mass is 10.2. The Labute approximate surface area is 113 Å². The van der Waals surface area contributed by atoms with Gasteiger partial charge in [-0.25, -0.2) is 0 Å². The summed E-state index contributed by atoms with van der Waals surface area (Å²) in [5.74, 6) is 0. The van der Waals surface area contributed by atoms with Crippen molar-refractivity contribution in [2.24, 2.45) is 7.05 Å². The van der Waals surface area contributed by atoms with Gasteiger partial charge in [0.15, 0.2) is 0 Å². The third kappa shape index (κ3) is 2.65. The first-order valence-corrected chi connectivity index (χ1v) is 7.06. The average Bonchev–Trinajstić information content (AvgIpc) is 2.73. The molecule has 0 aromatic carbocycles. The number of nitrogens with one attached hydrogen (secondary N) is 1. The number of rotatable bonds is 4. The summed E-state index contributed by atoms with van der Waals surface area (Å²) in [4.78, 5) is 2.82. The largest absolute Gasteiger partial charge is 0.308 e. The predicted octanol–water partition coefficient (Wildman–Crippen LogP) is 3.01. The van der Waals surface area contributed by atoms with Crippen molar-refractivity contribution in [3.63, 3.8) is 0 Å². The van der Waals surface area contributed by atoms with Crippen molar-refractivity contribution < 1.29 is 0 Å². The Morgan fingerprint density at radius 2 is 1.94 bits per heavy atom. The Balaban J connectivity index is 1.96. The van der Waals surface area contributed by atoms with E-state index in [9.17, 15) is 0 Å². The fourth-order valence-electron chi connectivity index (χ4n) is 2.12. The van der Waals surface area contributed by atoms with Gasteiger partial charge in [0.25, 0.3) is 0 Å². The fourth-order valence-corrected chi connectivity index (χ4v) is 3.14. The first kappa shape index (κ1) is 13.3. The van der Waals surface area contributed by atoms with E-state index in [1.54, 1.807) is 0 Å². The first-order valence-electron chi connectivity index (χ1n) is 6.24. The summed E-state index contributed by atoms with van der Waals surface area (Å²) in [6.45, 7) is 10.4. The third-order valence-electron chi connectivity index (χ3n) is 3.48. The highest BCUT2D eigenvalue weighted by Gasteiger charge is 2.08. The summed E-state index contributed by atoms with van der Waals surface area (Å²) in [5.41, 5.74) is 5.09. The van der Waals surface area contributed by atoms with E-state index in [4.69, 9.17) is 0 Å². The minimum absolute atomic E-state index is 0.890. The van der Waals surface area contributed by atoms with Crippen molar-refractivity contribution in [3.05, 3.63) is 38.3 Å². The summed E-state index contributed by atoms with van der Waals surface area (Å²) in [7, 11) is 2.00. The molecule has 0 fully saturated rings. The van der Waals surface area contributed by atoms with Gasteiger partial charge in [-0.1, -0.05) is 0 Å². The molecule has 98 valence electrons. The van der Waals surface area contributed by atoms with Gasteiger partial charge in [0.05, 0.1) is 5.69 Å². The molecule has 0 aliphatic rings. The molecular formula is C14H21N3S. The van der Waals surface area contributed by atoms with Gasteiger partial charge in [-0.3, -0.25) is 4.68 Å². The van der Waals surface area contributed by atoms with Crippen molar-refractivity contribution in [2.45, 2.75) is 40.8 Å². The van der Waals surface area contributed by atoms with Crippen molar-refractivity contribution >= 4 is 11.3 Å². The predicted molar refractivity (Wildman–Crippen MR) is 77.0 cm³/mol. The van der Waals surface area contributed by atoms with Crippen molar-refractivity contribution in [1.29, 1.82) is 0 Å². The molecule has 0 saturated carbocycles. The van der Waals surface area contributed by atoms with Gasteiger partial charge in [0, 0.05) is 41.1 Å². The summed E-state index contributed by atoms with van der Waals surface area (Å²) >= 11 is 1.88. The Morgan fingerprint density at radius 1 is 1.22 bits per heavy atom. The van der Waals surface area contributed by atoms with Crippen LogP contribution in [0, 0.1) is 27.7 Å².